The molecule has 92 valence electrons. The molecular weight excluding hydrogens is 198 g/mol. The van der Waals surface area contributed by atoms with E-state index in [2.05, 4.69) is 49.6 Å². The van der Waals surface area contributed by atoms with Crippen molar-refractivity contribution in [2.24, 2.45) is 12.5 Å². The lowest BCUT2D eigenvalue weighted by atomic mass is 9.88. The monoisotopic (exact) mass is 223 g/mol. The Morgan fingerprint density at radius 2 is 2.12 bits per heavy atom. The summed E-state index contributed by atoms with van der Waals surface area (Å²) >= 11 is 0. The van der Waals surface area contributed by atoms with E-state index in [-0.39, 0.29) is 0 Å². The highest BCUT2D eigenvalue weighted by Gasteiger charge is 2.17. The fourth-order valence-corrected chi connectivity index (χ4v) is 1.88. The molecule has 0 saturated heterocycles. The van der Waals surface area contributed by atoms with Crippen molar-refractivity contribution in [3.05, 3.63) is 18.2 Å². The van der Waals surface area contributed by atoms with Gasteiger partial charge in [-0.2, -0.15) is 0 Å². The maximum atomic E-state index is 4.19. The number of imidazole rings is 1. The van der Waals surface area contributed by atoms with Gasteiger partial charge < -0.3 is 9.88 Å². The molecule has 0 radical (unpaired) electrons. The molecule has 1 unspecified atom stereocenters. The molecule has 0 spiro atoms. The number of hydrogen-bond acceptors (Lipinski definition) is 2. The van der Waals surface area contributed by atoms with Crippen molar-refractivity contribution >= 4 is 0 Å². The van der Waals surface area contributed by atoms with Crippen molar-refractivity contribution < 1.29 is 0 Å². The second-order valence-corrected chi connectivity index (χ2v) is 5.64. The number of aromatic nitrogens is 2. The molecule has 1 rings (SSSR count). The van der Waals surface area contributed by atoms with Crippen molar-refractivity contribution in [3.63, 3.8) is 0 Å². The molecule has 1 atom stereocenters. The second-order valence-electron chi connectivity index (χ2n) is 5.64. The van der Waals surface area contributed by atoms with Gasteiger partial charge in [0.15, 0.2) is 0 Å². The Kier molecular flexibility index (Phi) is 4.54. The Labute approximate surface area is 99.3 Å². The van der Waals surface area contributed by atoms with E-state index in [0.717, 1.165) is 13.0 Å². The highest BCUT2D eigenvalue weighted by Crippen LogP contribution is 2.26. The number of hydrogen-bond donors (Lipinski definition) is 1. The summed E-state index contributed by atoms with van der Waals surface area (Å²) in [5.74, 6) is 0. The van der Waals surface area contributed by atoms with E-state index in [1.54, 1.807) is 0 Å². The molecule has 0 aliphatic carbocycles. The first kappa shape index (κ1) is 13.2. The molecule has 1 aromatic heterocycles. The molecule has 3 heteroatoms. The lowest BCUT2D eigenvalue weighted by Crippen LogP contribution is -2.24. The van der Waals surface area contributed by atoms with Crippen LogP contribution in [0.3, 0.4) is 0 Å². The topological polar surface area (TPSA) is 29.9 Å². The van der Waals surface area contributed by atoms with E-state index in [0.29, 0.717) is 11.5 Å². The quantitative estimate of drug-likeness (QED) is 0.832. The van der Waals surface area contributed by atoms with Crippen molar-refractivity contribution in [1.82, 2.24) is 14.9 Å². The van der Waals surface area contributed by atoms with Crippen LogP contribution >= 0.6 is 0 Å². The summed E-state index contributed by atoms with van der Waals surface area (Å²) in [6.07, 6.45) is 6.22. The minimum absolute atomic E-state index is 0.395. The maximum Gasteiger partial charge on any atom is 0.0946 e. The van der Waals surface area contributed by atoms with Crippen LogP contribution in [0.1, 0.15) is 52.3 Å². The molecule has 0 aliphatic rings. The van der Waals surface area contributed by atoms with E-state index in [1.807, 2.05) is 12.5 Å². The van der Waals surface area contributed by atoms with Crippen LogP contribution in [-0.2, 0) is 7.05 Å². The molecule has 0 amide bonds. The van der Waals surface area contributed by atoms with Gasteiger partial charge in [0, 0.05) is 19.3 Å². The van der Waals surface area contributed by atoms with Crippen LogP contribution < -0.4 is 5.32 Å². The zero-order valence-electron chi connectivity index (χ0n) is 11.2. The first-order valence-corrected chi connectivity index (χ1v) is 6.13. The molecule has 0 saturated carbocycles. The maximum absolute atomic E-state index is 4.19. The Morgan fingerprint density at radius 1 is 1.44 bits per heavy atom. The van der Waals surface area contributed by atoms with Gasteiger partial charge in [0.1, 0.15) is 0 Å². The van der Waals surface area contributed by atoms with Crippen LogP contribution in [0.2, 0.25) is 0 Å². The van der Waals surface area contributed by atoms with Gasteiger partial charge in [-0.1, -0.05) is 27.7 Å². The van der Waals surface area contributed by atoms with Gasteiger partial charge in [-0.05, 0) is 24.8 Å². The Morgan fingerprint density at radius 3 is 2.56 bits per heavy atom. The van der Waals surface area contributed by atoms with Gasteiger partial charge in [0.2, 0.25) is 0 Å². The standard InChI is InChI=1S/C13H25N3/c1-6-15-11(7-8-13(2,3)4)12-9-14-10-16(12)5/h9-11,15H,6-8H2,1-5H3. The van der Waals surface area contributed by atoms with Crippen LogP contribution in [0.25, 0.3) is 0 Å². The predicted molar refractivity (Wildman–Crippen MR) is 68.3 cm³/mol. The second kappa shape index (κ2) is 5.48. The molecule has 0 aromatic carbocycles. The highest BCUT2D eigenvalue weighted by atomic mass is 15.1. The summed E-state index contributed by atoms with van der Waals surface area (Å²) in [5.41, 5.74) is 1.68. The molecule has 16 heavy (non-hydrogen) atoms. The van der Waals surface area contributed by atoms with Crippen molar-refractivity contribution in [2.75, 3.05) is 6.54 Å². The normalized spacial score (nSPS) is 14.1. The number of nitrogens with zero attached hydrogens (tertiary/aromatic N) is 2. The molecular formula is C13H25N3. The van der Waals surface area contributed by atoms with Gasteiger partial charge in [-0.25, -0.2) is 4.98 Å². The minimum Gasteiger partial charge on any atom is -0.336 e. The van der Waals surface area contributed by atoms with Crippen LogP contribution in [0, 0.1) is 5.41 Å². The largest absolute Gasteiger partial charge is 0.336 e. The summed E-state index contributed by atoms with van der Waals surface area (Å²) in [5, 5.41) is 3.54. The van der Waals surface area contributed by atoms with Gasteiger partial charge in [0.05, 0.1) is 12.0 Å². The zero-order valence-corrected chi connectivity index (χ0v) is 11.2. The average molecular weight is 223 g/mol. The van der Waals surface area contributed by atoms with Gasteiger partial charge in [-0.15, -0.1) is 0 Å². The van der Waals surface area contributed by atoms with E-state index < -0.39 is 0 Å². The summed E-state index contributed by atoms with van der Waals surface area (Å²) in [6, 6.07) is 0.428. The van der Waals surface area contributed by atoms with Crippen LogP contribution in [0.5, 0.6) is 0 Å². The molecule has 0 aliphatic heterocycles. The van der Waals surface area contributed by atoms with E-state index in [1.165, 1.54) is 12.1 Å². The SMILES string of the molecule is CCNC(CCC(C)(C)C)c1cncn1C. The summed E-state index contributed by atoms with van der Waals surface area (Å²) < 4.78 is 2.11. The van der Waals surface area contributed by atoms with E-state index >= 15 is 0 Å². The lowest BCUT2D eigenvalue weighted by molar-refractivity contribution is 0.329. The molecule has 1 N–H and O–H groups in total. The average Bonchev–Trinajstić information content (AvgIpc) is 2.57. The fourth-order valence-electron chi connectivity index (χ4n) is 1.88. The van der Waals surface area contributed by atoms with Crippen molar-refractivity contribution in [1.29, 1.82) is 0 Å². The Bertz CT molecular complexity index is 309. The minimum atomic E-state index is 0.395. The fraction of sp³-hybridized carbons (Fsp3) is 0.769. The smallest absolute Gasteiger partial charge is 0.0946 e. The summed E-state index contributed by atoms with van der Waals surface area (Å²) in [6.45, 7) is 10.0. The van der Waals surface area contributed by atoms with Crippen LogP contribution in [0.4, 0.5) is 0 Å². The van der Waals surface area contributed by atoms with E-state index in [4.69, 9.17) is 0 Å². The predicted octanol–water partition coefficient (Wildman–Crippen LogP) is 2.90. The van der Waals surface area contributed by atoms with Crippen molar-refractivity contribution in [3.8, 4) is 0 Å². The first-order chi connectivity index (χ1) is 7.44. The third-order valence-corrected chi connectivity index (χ3v) is 2.84. The number of aryl methyl sites for hydroxylation is 1. The lowest BCUT2D eigenvalue weighted by Gasteiger charge is -2.24. The highest BCUT2D eigenvalue weighted by molar-refractivity contribution is 5.04. The van der Waals surface area contributed by atoms with Gasteiger partial charge in [0.25, 0.3) is 0 Å². The summed E-state index contributed by atoms with van der Waals surface area (Å²) in [4.78, 5) is 4.19. The first-order valence-electron chi connectivity index (χ1n) is 6.13. The third-order valence-electron chi connectivity index (χ3n) is 2.84. The Hall–Kier alpha value is -0.830. The third kappa shape index (κ3) is 3.97. The molecule has 3 nitrogen and oxygen atoms in total. The Balaban J connectivity index is 2.65. The van der Waals surface area contributed by atoms with Gasteiger partial charge in [-0.3, -0.25) is 0 Å². The van der Waals surface area contributed by atoms with E-state index in [9.17, 15) is 0 Å². The number of rotatable bonds is 5. The molecule has 0 bridgehead atoms. The molecule has 1 heterocycles. The molecule has 1 aromatic rings. The number of nitrogens with one attached hydrogen (secondary N) is 1. The zero-order chi connectivity index (χ0) is 12.2. The van der Waals surface area contributed by atoms with Crippen molar-refractivity contribution in [2.45, 2.75) is 46.6 Å². The molecule has 0 fully saturated rings. The van der Waals surface area contributed by atoms with Gasteiger partial charge >= 0.3 is 0 Å². The van der Waals surface area contributed by atoms with Crippen LogP contribution in [0.15, 0.2) is 12.5 Å². The van der Waals surface area contributed by atoms with Crippen LogP contribution in [-0.4, -0.2) is 16.1 Å². The summed E-state index contributed by atoms with van der Waals surface area (Å²) in [7, 11) is 2.06.